The lowest BCUT2D eigenvalue weighted by atomic mass is 10.1. The van der Waals surface area contributed by atoms with Crippen molar-refractivity contribution >= 4 is 15.8 Å². The second-order valence-corrected chi connectivity index (χ2v) is 8.26. The van der Waals surface area contributed by atoms with Gasteiger partial charge in [-0.2, -0.15) is 0 Å². The Bertz CT molecular complexity index is 930. The van der Waals surface area contributed by atoms with E-state index in [9.17, 15) is 12.8 Å². The van der Waals surface area contributed by atoms with Gasteiger partial charge in [0.25, 0.3) is 0 Å². The molecule has 0 radical (unpaired) electrons. The zero-order valence-corrected chi connectivity index (χ0v) is 17.1. The monoisotopic (exact) mass is 407 g/mol. The Kier molecular flexibility index (Phi) is 7.80. The van der Waals surface area contributed by atoms with Crippen LogP contribution in [0.25, 0.3) is 0 Å². The molecule has 152 valence electrons. The lowest BCUT2D eigenvalue weighted by Gasteiger charge is -2.13. The van der Waals surface area contributed by atoms with Gasteiger partial charge in [-0.15, -0.1) is 0 Å². The second-order valence-electron chi connectivity index (χ2n) is 6.19. The molecular weight excluding hydrogens is 381 g/mol. The smallest absolute Gasteiger partial charge is 0.191 e. The number of methoxy groups -OCH3 is 1. The predicted molar refractivity (Wildman–Crippen MR) is 109 cm³/mol. The van der Waals surface area contributed by atoms with Crippen LogP contribution < -0.4 is 15.4 Å². The molecule has 2 rings (SSSR count). The number of halogens is 1. The third kappa shape index (κ3) is 5.95. The van der Waals surface area contributed by atoms with Crippen LogP contribution in [0.4, 0.5) is 4.39 Å². The Balaban J connectivity index is 2.03. The van der Waals surface area contributed by atoms with Crippen LogP contribution in [-0.4, -0.2) is 40.3 Å². The molecule has 2 N–H and O–H groups in total. The van der Waals surface area contributed by atoms with Gasteiger partial charge in [0.15, 0.2) is 15.8 Å². The zero-order chi connectivity index (χ0) is 20.6. The lowest BCUT2D eigenvalue weighted by Crippen LogP contribution is -2.39. The maximum atomic E-state index is 13.8. The van der Waals surface area contributed by atoms with E-state index in [1.165, 1.54) is 18.2 Å². The number of aliphatic imine (C=N–C) groups is 1. The van der Waals surface area contributed by atoms with Gasteiger partial charge in [0.2, 0.25) is 0 Å². The van der Waals surface area contributed by atoms with Crippen molar-refractivity contribution in [3.63, 3.8) is 0 Å². The molecule has 0 amide bonds. The van der Waals surface area contributed by atoms with Crippen LogP contribution >= 0.6 is 0 Å². The van der Waals surface area contributed by atoms with Crippen LogP contribution in [-0.2, 0) is 16.4 Å². The maximum Gasteiger partial charge on any atom is 0.191 e. The largest absolute Gasteiger partial charge is 0.496 e. The first-order chi connectivity index (χ1) is 13.4. The molecule has 0 spiro atoms. The van der Waals surface area contributed by atoms with Gasteiger partial charge < -0.3 is 15.4 Å². The first-order valence-electron chi connectivity index (χ1n) is 9.00. The number of ether oxygens (including phenoxy) is 1. The standard InChI is InChI=1S/C20H26FN3O3S/c1-4-22-20(24-14-16-10-9-15(2)13-18(16)27-3)23-11-12-28(25,26)19-8-6-5-7-17(19)21/h5-10,13H,4,11-12,14H2,1-3H3,(H2,22,23,24). The molecule has 0 saturated carbocycles. The number of sulfone groups is 1. The van der Waals surface area contributed by atoms with E-state index >= 15 is 0 Å². The molecule has 2 aromatic carbocycles. The summed E-state index contributed by atoms with van der Waals surface area (Å²) in [5.41, 5.74) is 2.01. The number of nitrogens with zero attached hydrogens (tertiary/aromatic N) is 1. The molecule has 0 aromatic heterocycles. The Morgan fingerprint density at radius 3 is 2.61 bits per heavy atom. The highest BCUT2D eigenvalue weighted by atomic mass is 32.2. The minimum Gasteiger partial charge on any atom is -0.496 e. The van der Waals surface area contributed by atoms with Crippen molar-refractivity contribution in [2.24, 2.45) is 4.99 Å². The molecule has 6 nitrogen and oxygen atoms in total. The minimum atomic E-state index is -3.72. The third-order valence-corrected chi connectivity index (χ3v) is 5.77. The summed E-state index contributed by atoms with van der Waals surface area (Å²) in [6, 6.07) is 11.2. The number of rotatable bonds is 8. The van der Waals surface area contributed by atoms with Gasteiger partial charge in [0.05, 0.1) is 19.4 Å². The van der Waals surface area contributed by atoms with Gasteiger partial charge in [-0.1, -0.05) is 24.3 Å². The number of guanidine groups is 1. The fourth-order valence-corrected chi connectivity index (χ4v) is 3.84. The van der Waals surface area contributed by atoms with Crippen LogP contribution in [0, 0.1) is 12.7 Å². The van der Waals surface area contributed by atoms with E-state index in [1.54, 1.807) is 7.11 Å². The quantitative estimate of drug-likeness (QED) is 0.520. The van der Waals surface area contributed by atoms with Gasteiger partial charge in [-0.05, 0) is 37.6 Å². The first kappa shape index (κ1) is 21.7. The fraction of sp³-hybridized carbons (Fsp3) is 0.350. The van der Waals surface area contributed by atoms with Crippen molar-refractivity contribution in [1.29, 1.82) is 0 Å². The summed E-state index contributed by atoms with van der Waals surface area (Å²) in [5, 5.41) is 6.05. The average Bonchev–Trinajstić information content (AvgIpc) is 2.66. The highest BCUT2D eigenvalue weighted by molar-refractivity contribution is 7.91. The van der Waals surface area contributed by atoms with Gasteiger partial charge >= 0.3 is 0 Å². The van der Waals surface area contributed by atoms with E-state index in [2.05, 4.69) is 15.6 Å². The van der Waals surface area contributed by atoms with Crippen LogP contribution in [0.15, 0.2) is 52.4 Å². The number of hydrogen-bond donors (Lipinski definition) is 2. The lowest BCUT2D eigenvalue weighted by molar-refractivity contribution is 0.409. The summed E-state index contributed by atoms with van der Waals surface area (Å²) in [6.45, 7) is 5.00. The van der Waals surface area contributed by atoms with Gasteiger partial charge in [0, 0.05) is 18.7 Å². The summed E-state index contributed by atoms with van der Waals surface area (Å²) in [7, 11) is -2.11. The Labute approximate surface area is 165 Å². The van der Waals surface area contributed by atoms with E-state index in [0.717, 1.165) is 22.9 Å². The number of hydrogen-bond acceptors (Lipinski definition) is 4. The molecule has 0 aliphatic heterocycles. The van der Waals surface area contributed by atoms with Gasteiger partial charge in [-0.3, -0.25) is 0 Å². The zero-order valence-electron chi connectivity index (χ0n) is 16.3. The number of aryl methyl sites for hydroxylation is 1. The topological polar surface area (TPSA) is 79.8 Å². The highest BCUT2D eigenvalue weighted by Crippen LogP contribution is 2.20. The van der Waals surface area contributed by atoms with E-state index in [-0.39, 0.29) is 17.2 Å². The summed E-state index contributed by atoms with van der Waals surface area (Å²) in [5.74, 6) is 0.247. The normalized spacial score (nSPS) is 11.9. The minimum absolute atomic E-state index is 0.105. The molecule has 0 bridgehead atoms. The van der Waals surface area contributed by atoms with Crippen molar-refractivity contribution in [2.45, 2.75) is 25.3 Å². The Hall–Kier alpha value is -2.61. The molecule has 0 aliphatic rings. The highest BCUT2D eigenvalue weighted by Gasteiger charge is 2.18. The molecule has 0 aliphatic carbocycles. The molecule has 2 aromatic rings. The van der Waals surface area contributed by atoms with E-state index < -0.39 is 15.7 Å². The summed E-state index contributed by atoms with van der Waals surface area (Å²) in [4.78, 5) is 4.19. The number of benzene rings is 2. The predicted octanol–water partition coefficient (Wildman–Crippen LogP) is 2.67. The molecule has 0 fully saturated rings. The van der Waals surface area contributed by atoms with Crippen molar-refractivity contribution in [2.75, 3.05) is 26.0 Å². The molecule has 0 unspecified atom stereocenters. The van der Waals surface area contributed by atoms with E-state index in [4.69, 9.17) is 4.74 Å². The third-order valence-electron chi connectivity index (χ3n) is 4.03. The van der Waals surface area contributed by atoms with Crippen LogP contribution in [0.3, 0.4) is 0 Å². The Morgan fingerprint density at radius 2 is 1.93 bits per heavy atom. The molecule has 28 heavy (non-hydrogen) atoms. The second kappa shape index (κ2) is 10.1. The van der Waals surface area contributed by atoms with E-state index in [0.29, 0.717) is 19.0 Å². The van der Waals surface area contributed by atoms with Crippen LogP contribution in [0.1, 0.15) is 18.1 Å². The fourth-order valence-electron chi connectivity index (χ4n) is 2.60. The van der Waals surface area contributed by atoms with Gasteiger partial charge in [0.1, 0.15) is 16.5 Å². The molecular formula is C20H26FN3O3S. The van der Waals surface area contributed by atoms with Crippen molar-refractivity contribution < 1.29 is 17.5 Å². The Morgan fingerprint density at radius 1 is 1.18 bits per heavy atom. The first-order valence-corrected chi connectivity index (χ1v) is 10.7. The maximum absolute atomic E-state index is 13.8. The number of nitrogens with one attached hydrogen (secondary N) is 2. The van der Waals surface area contributed by atoms with Crippen molar-refractivity contribution in [3.05, 3.63) is 59.4 Å². The van der Waals surface area contributed by atoms with Crippen molar-refractivity contribution in [1.82, 2.24) is 10.6 Å². The van der Waals surface area contributed by atoms with Gasteiger partial charge in [-0.25, -0.2) is 17.8 Å². The van der Waals surface area contributed by atoms with Crippen molar-refractivity contribution in [3.8, 4) is 5.75 Å². The molecule has 0 saturated heterocycles. The van der Waals surface area contributed by atoms with Crippen LogP contribution in [0.2, 0.25) is 0 Å². The molecule has 8 heteroatoms. The summed E-state index contributed by atoms with van der Waals surface area (Å²) in [6.07, 6.45) is 0. The average molecular weight is 408 g/mol. The summed E-state index contributed by atoms with van der Waals surface area (Å²) >= 11 is 0. The molecule has 0 heterocycles. The summed E-state index contributed by atoms with van der Waals surface area (Å²) < 4.78 is 43.8. The van der Waals surface area contributed by atoms with E-state index in [1.807, 2.05) is 32.0 Å². The molecule has 0 atom stereocenters. The van der Waals surface area contributed by atoms with Crippen LogP contribution in [0.5, 0.6) is 5.75 Å². The SMILES string of the molecule is CCNC(=NCc1ccc(C)cc1OC)NCCS(=O)(=O)c1ccccc1F.